The summed E-state index contributed by atoms with van der Waals surface area (Å²) < 4.78 is 5.09. The topological polar surface area (TPSA) is 64.3 Å². The van der Waals surface area contributed by atoms with Crippen molar-refractivity contribution in [1.82, 2.24) is 5.32 Å². The Bertz CT molecular complexity index is 655. The van der Waals surface area contributed by atoms with Gasteiger partial charge in [-0.3, -0.25) is 4.79 Å². The highest BCUT2D eigenvalue weighted by Crippen LogP contribution is 2.40. The molecule has 0 bridgehead atoms. The van der Waals surface area contributed by atoms with Crippen LogP contribution in [0.1, 0.15) is 28.3 Å². The Kier molecular flexibility index (Phi) is 3.52. The van der Waals surface area contributed by atoms with Crippen molar-refractivity contribution in [3.8, 4) is 5.75 Å². The van der Waals surface area contributed by atoms with E-state index in [1.807, 2.05) is 18.2 Å². The summed E-state index contributed by atoms with van der Waals surface area (Å²) in [5.74, 6) is 0.936. The molecule has 2 aromatic rings. The first-order valence-corrected chi connectivity index (χ1v) is 6.98. The first-order chi connectivity index (χ1) is 10.2. The van der Waals surface area contributed by atoms with E-state index in [1.165, 1.54) is 5.56 Å². The average molecular weight is 282 g/mol. The van der Waals surface area contributed by atoms with Gasteiger partial charge in [-0.25, -0.2) is 0 Å². The van der Waals surface area contributed by atoms with Crippen LogP contribution in [-0.4, -0.2) is 19.1 Å². The smallest absolute Gasteiger partial charge is 0.253 e. The van der Waals surface area contributed by atoms with Crippen LogP contribution in [0.5, 0.6) is 5.75 Å². The summed E-state index contributed by atoms with van der Waals surface area (Å²) in [5.41, 5.74) is 8.10. The Labute approximate surface area is 123 Å². The van der Waals surface area contributed by atoms with Gasteiger partial charge in [0.1, 0.15) is 5.75 Å². The molecule has 4 heteroatoms. The number of ether oxygens (including phenoxy) is 1. The van der Waals surface area contributed by atoms with Crippen LogP contribution >= 0.6 is 0 Å². The van der Waals surface area contributed by atoms with E-state index < -0.39 is 0 Å². The summed E-state index contributed by atoms with van der Waals surface area (Å²) in [6, 6.07) is 15.5. The monoisotopic (exact) mass is 282 g/mol. The van der Waals surface area contributed by atoms with E-state index >= 15 is 0 Å². The quantitative estimate of drug-likeness (QED) is 0.847. The maximum Gasteiger partial charge on any atom is 0.253 e. The van der Waals surface area contributed by atoms with Crippen LogP contribution < -0.4 is 15.8 Å². The van der Waals surface area contributed by atoms with Gasteiger partial charge in [-0.15, -0.1) is 0 Å². The van der Waals surface area contributed by atoms with E-state index in [2.05, 4.69) is 17.4 Å². The standard InChI is InChI=1S/C17H18N2O2/c1-21-12-7-8-13(15(18)9-12)17(20)19-16-10-14(16)11-5-3-2-4-6-11/h2-9,14,16H,10,18H2,1H3,(H,19,20). The van der Waals surface area contributed by atoms with Crippen molar-refractivity contribution in [3.63, 3.8) is 0 Å². The first-order valence-electron chi connectivity index (χ1n) is 6.98. The maximum atomic E-state index is 12.3. The molecule has 2 aromatic carbocycles. The Balaban J connectivity index is 1.66. The van der Waals surface area contributed by atoms with E-state index in [9.17, 15) is 4.79 Å². The minimum absolute atomic E-state index is 0.126. The molecule has 2 unspecified atom stereocenters. The molecule has 1 aliphatic carbocycles. The van der Waals surface area contributed by atoms with Gasteiger partial charge in [0.25, 0.3) is 5.91 Å². The summed E-state index contributed by atoms with van der Waals surface area (Å²) in [7, 11) is 1.57. The third-order valence-electron chi connectivity index (χ3n) is 3.84. The van der Waals surface area contributed by atoms with E-state index in [-0.39, 0.29) is 11.9 Å². The van der Waals surface area contributed by atoms with Gasteiger partial charge in [0.15, 0.2) is 0 Å². The van der Waals surface area contributed by atoms with E-state index in [4.69, 9.17) is 10.5 Å². The number of carbonyl (C=O) groups excluding carboxylic acids is 1. The second-order valence-electron chi connectivity index (χ2n) is 5.29. The van der Waals surface area contributed by atoms with E-state index in [0.29, 0.717) is 22.9 Å². The van der Waals surface area contributed by atoms with Gasteiger partial charge < -0.3 is 15.8 Å². The fourth-order valence-electron chi connectivity index (χ4n) is 2.54. The van der Waals surface area contributed by atoms with Crippen LogP contribution in [0.25, 0.3) is 0 Å². The highest BCUT2D eigenvalue weighted by atomic mass is 16.5. The number of anilines is 1. The highest BCUT2D eigenvalue weighted by Gasteiger charge is 2.39. The summed E-state index contributed by atoms with van der Waals surface area (Å²) >= 11 is 0. The minimum atomic E-state index is -0.126. The Morgan fingerprint density at radius 2 is 2.00 bits per heavy atom. The van der Waals surface area contributed by atoms with Crippen LogP contribution in [0.4, 0.5) is 5.69 Å². The van der Waals surface area contributed by atoms with Crippen LogP contribution in [0, 0.1) is 0 Å². The van der Waals surface area contributed by atoms with Crippen molar-refractivity contribution in [3.05, 3.63) is 59.7 Å². The van der Waals surface area contributed by atoms with Crippen molar-refractivity contribution in [2.75, 3.05) is 12.8 Å². The molecule has 108 valence electrons. The Morgan fingerprint density at radius 3 is 2.67 bits per heavy atom. The van der Waals surface area contributed by atoms with Gasteiger partial charge in [-0.2, -0.15) is 0 Å². The fourth-order valence-corrected chi connectivity index (χ4v) is 2.54. The van der Waals surface area contributed by atoms with Crippen molar-refractivity contribution < 1.29 is 9.53 Å². The molecule has 2 atom stereocenters. The molecule has 1 aliphatic rings. The van der Waals surface area contributed by atoms with Crippen molar-refractivity contribution >= 4 is 11.6 Å². The zero-order valence-corrected chi connectivity index (χ0v) is 11.9. The van der Waals surface area contributed by atoms with Gasteiger partial charge in [0.05, 0.1) is 12.7 Å². The largest absolute Gasteiger partial charge is 0.497 e. The number of methoxy groups -OCH3 is 1. The lowest BCUT2D eigenvalue weighted by Crippen LogP contribution is -2.27. The lowest BCUT2D eigenvalue weighted by Gasteiger charge is -2.09. The molecule has 0 heterocycles. The zero-order valence-electron chi connectivity index (χ0n) is 11.9. The van der Waals surface area contributed by atoms with Crippen LogP contribution in [0.2, 0.25) is 0 Å². The maximum absolute atomic E-state index is 12.3. The van der Waals surface area contributed by atoms with Gasteiger partial charge in [0.2, 0.25) is 0 Å². The number of carbonyl (C=O) groups is 1. The predicted octanol–water partition coefficient (Wildman–Crippen LogP) is 2.56. The molecular weight excluding hydrogens is 264 g/mol. The molecule has 1 fully saturated rings. The molecule has 0 aromatic heterocycles. The van der Waals surface area contributed by atoms with Crippen LogP contribution in [-0.2, 0) is 0 Å². The highest BCUT2D eigenvalue weighted by molar-refractivity contribution is 5.99. The number of benzene rings is 2. The van der Waals surface area contributed by atoms with Gasteiger partial charge in [-0.05, 0) is 24.1 Å². The minimum Gasteiger partial charge on any atom is -0.497 e. The summed E-state index contributed by atoms with van der Waals surface area (Å²) in [5, 5.41) is 3.04. The van der Waals surface area contributed by atoms with Gasteiger partial charge in [0, 0.05) is 23.7 Å². The molecule has 0 saturated heterocycles. The number of nitrogen functional groups attached to an aromatic ring is 1. The van der Waals surface area contributed by atoms with Gasteiger partial charge >= 0.3 is 0 Å². The Hall–Kier alpha value is -2.49. The number of nitrogens with two attached hydrogens (primary N) is 1. The first kappa shape index (κ1) is 13.5. The lowest BCUT2D eigenvalue weighted by atomic mass is 10.1. The molecule has 3 N–H and O–H groups in total. The molecule has 1 saturated carbocycles. The molecule has 1 amide bonds. The molecule has 21 heavy (non-hydrogen) atoms. The van der Waals surface area contributed by atoms with E-state index in [1.54, 1.807) is 25.3 Å². The van der Waals surface area contributed by atoms with Crippen LogP contribution in [0.15, 0.2) is 48.5 Å². The van der Waals surface area contributed by atoms with Crippen molar-refractivity contribution in [2.45, 2.75) is 18.4 Å². The molecule has 0 radical (unpaired) electrons. The zero-order chi connectivity index (χ0) is 14.8. The second kappa shape index (κ2) is 5.48. The molecule has 0 aliphatic heterocycles. The predicted molar refractivity (Wildman–Crippen MR) is 82.5 cm³/mol. The fraction of sp³-hybridized carbons (Fsp3) is 0.235. The Morgan fingerprint density at radius 1 is 1.24 bits per heavy atom. The summed E-state index contributed by atoms with van der Waals surface area (Å²) in [6.45, 7) is 0. The van der Waals surface area contributed by atoms with Crippen molar-refractivity contribution in [1.29, 1.82) is 0 Å². The van der Waals surface area contributed by atoms with Crippen LogP contribution in [0.3, 0.4) is 0 Å². The average Bonchev–Trinajstić information content (AvgIpc) is 3.27. The number of nitrogens with one attached hydrogen (secondary N) is 1. The number of amides is 1. The van der Waals surface area contributed by atoms with E-state index in [0.717, 1.165) is 6.42 Å². The molecule has 4 nitrogen and oxygen atoms in total. The summed E-state index contributed by atoms with van der Waals surface area (Å²) in [4.78, 5) is 12.3. The van der Waals surface area contributed by atoms with Gasteiger partial charge in [-0.1, -0.05) is 30.3 Å². The second-order valence-corrected chi connectivity index (χ2v) is 5.29. The SMILES string of the molecule is COc1ccc(C(=O)NC2CC2c2ccccc2)c(N)c1. The lowest BCUT2D eigenvalue weighted by molar-refractivity contribution is 0.0951. The number of hydrogen-bond donors (Lipinski definition) is 2. The third kappa shape index (κ3) is 2.84. The molecule has 0 spiro atoms. The number of rotatable bonds is 4. The number of hydrogen-bond acceptors (Lipinski definition) is 3. The third-order valence-corrected chi connectivity index (χ3v) is 3.84. The van der Waals surface area contributed by atoms with Crippen molar-refractivity contribution in [2.24, 2.45) is 0 Å². The molecular formula is C17H18N2O2. The molecule has 3 rings (SSSR count). The normalized spacial score (nSPS) is 19.9. The summed E-state index contributed by atoms with van der Waals surface area (Å²) in [6.07, 6.45) is 0.978.